The molecular weight excluding hydrogens is 497 g/mol. The molecule has 0 saturated carbocycles. The van der Waals surface area contributed by atoms with Crippen molar-refractivity contribution in [1.82, 2.24) is 14.3 Å². The highest BCUT2D eigenvalue weighted by Gasteiger charge is 2.33. The van der Waals surface area contributed by atoms with Gasteiger partial charge in [0.05, 0.1) is 11.4 Å². The number of amides is 1. The summed E-state index contributed by atoms with van der Waals surface area (Å²) in [5.74, 6) is -1.09. The van der Waals surface area contributed by atoms with E-state index in [4.69, 9.17) is 17.0 Å². The maximum Gasteiger partial charge on any atom is 0.269 e. The van der Waals surface area contributed by atoms with Gasteiger partial charge in [0.15, 0.2) is 11.6 Å². The molecule has 1 saturated heterocycles. The van der Waals surface area contributed by atoms with Crippen LogP contribution in [0.15, 0.2) is 76.6 Å². The highest BCUT2D eigenvalue weighted by atomic mass is 32.2. The number of aryl methyl sites for hydroxylation is 2. The molecule has 0 unspecified atom stereocenters. The third-order valence-corrected chi connectivity index (χ3v) is 7.08. The van der Waals surface area contributed by atoms with Crippen LogP contribution in [0.25, 0.3) is 11.7 Å². The third kappa shape index (κ3) is 4.55. The van der Waals surface area contributed by atoms with Gasteiger partial charge in [0.1, 0.15) is 15.5 Å². The number of halogens is 1. The molecule has 1 fully saturated rings. The van der Waals surface area contributed by atoms with Crippen LogP contribution in [0.3, 0.4) is 0 Å². The summed E-state index contributed by atoms with van der Waals surface area (Å²) in [5, 5.41) is 0. The van der Waals surface area contributed by atoms with Gasteiger partial charge in [-0.15, -0.1) is 0 Å². The van der Waals surface area contributed by atoms with E-state index < -0.39 is 11.4 Å². The molecule has 0 radical (unpaired) electrons. The summed E-state index contributed by atoms with van der Waals surface area (Å²) in [6, 6.07) is 17.2. The lowest BCUT2D eigenvalue weighted by Crippen LogP contribution is -2.27. The van der Waals surface area contributed by atoms with Gasteiger partial charge in [0.25, 0.3) is 11.5 Å². The molecule has 0 N–H and O–H groups in total. The number of aromatic nitrogens is 2. The lowest BCUT2D eigenvalue weighted by molar-refractivity contribution is -0.122. The Morgan fingerprint density at radius 3 is 2.56 bits per heavy atom. The number of carbonyl (C=O) groups excluding carboxylic acids is 1. The number of nitrogens with zero attached hydrogens (tertiary/aromatic N) is 3. The summed E-state index contributed by atoms with van der Waals surface area (Å²) < 4.78 is 21.9. The first-order valence-electron chi connectivity index (χ1n) is 11.1. The molecule has 5 rings (SSSR count). The van der Waals surface area contributed by atoms with Gasteiger partial charge in [-0.25, -0.2) is 4.39 Å². The van der Waals surface area contributed by atoms with Crippen molar-refractivity contribution in [3.8, 4) is 11.6 Å². The second-order valence-electron chi connectivity index (χ2n) is 8.31. The van der Waals surface area contributed by atoms with Crippen LogP contribution in [0.4, 0.5) is 4.39 Å². The maximum absolute atomic E-state index is 14.4. The molecular formula is C27H20FN3O3S2. The first-order chi connectivity index (χ1) is 17.3. The second-order valence-corrected chi connectivity index (χ2v) is 9.98. The maximum atomic E-state index is 14.4. The fourth-order valence-electron chi connectivity index (χ4n) is 3.77. The fraction of sp³-hybridized carbons (Fsp3) is 0.111. The number of benzene rings is 2. The Balaban J connectivity index is 1.58. The summed E-state index contributed by atoms with van der Waals surface area (Å²) in [5.41, 5.74) is 2.74. The third-order valence-electron chi connectivity index (χ3n) is 5.70. The molecule has 0 bridgehead atoms. The molecule has 9 heteroatoms. The summed E-state index contributed by atoms with van der Waals surface area (Å²) in [4.78, 5) is 33.0. The number of rotatable bonds is 5. The Bertz CT molecular complexity index is 1610. The summed E-state index contributed by atoms with van der Waals surface area (Å²) >= 11 is 6.56. The van der Waals surface area contributed by atoms with Crippen LogP contribution in [0, 0.1) is 19.7 Å². The summed E-state index contributed by atoms with van der Waals surface area (Å²) in [6.07, 6.45) is 3.01. The van der Waals surface area contributed by atoms with Crippen molar-refractivity contribution in [2.75, 3.05) is 0 Å². The van der Waals surface area contributed by atoms with Crippen molar-refractivity contribution < 1.29 is 13.9 Å². The van der Waals surface area contributed by atoms with Crippen molar-refractivity contribution in [3.63, 3.8) is 0 Å². The molecule has 0 atom stereocenters. The van der Waals surface area contributed by atoms with Crippen LogP contribution in [-0.2, 0) is 11.3 Å². The van der Waals surface area contributed by atoms with E-state index in [0.717, 1.165) is 28.5 Å². The molecule has 1 amide bonds. The number of fused-ring (bicyclic) bond motifs is 1. The number of hydrogen-bond acceptors (Lipinski definition) is 6. The predicted molar refractivity (Wildman–Crippen MR) is 143 cm³/mol. The van der Waals surface area contributed by atoms with Crippen LogP contribution in [-0.4, -0.2) is 24.5 Å². The Hall–Kier alpha value is -3.82. The van der Waals surface area contributed by atoms with Crippen LogP contribution in [0.5, 0.6) is 11.6 Å². The van der Waals surface area contributed by atoms with E-state index in [-0.39, 0.29) is 28.0 Å². The van der Waals surface area contributed by atoms with E-state index in [9.17, 15) is 14.0 Å². The van der Waals surface area contributed by atoms with Crippen molar-refractivity contribution in [2.24, 2.45) is 0 Å². The highest BCUT2D eigenvalue weighted by Crippen LogP contribution is 2.35. The standard InChI is InChI=1S/C27H20FN3O3S2/c1-16-9-11-18(12-10-16)15-31-26(33)22(36-27(31)35)14-19-24(34-21-8-4-3-7-20(21)28)29-23-17(2)6-5-13-30(23)25(19)32/h3-14H,15H2,1-2H3/b22-14+. The molecule has 2 aromatic carbocycles. The van der Waals surface area contributed by atoms with E-state index >= 15 is 0 Å². The van der Waals surface area contributed by atoms with E-state index in [2.05, 4.69) is 4.98 Å². The normalized spacial score (nSPS) is 14.8. The van der Waals surface area contributed by atoms with E-state index in [0.29, 0.717) is 16.5 Å². The van der Waals surface area contributed by atoms with Crippen LogP contribution >= 0.6 is 24.0 Å². The number of thiocarbonyl (C=S) groups is 1. The molecule has 2 aromatic heterocycles. The van der Waals surface area contributed by atoms with Crippen LogP contribution in [0.1, 0.15) is 22.3 Å². The zero-order chi connectivity index (χ0) is 25.4. The zero-order valence-electron chi connectivity index (χ0n) is 19.4. The molecule has 180 valence electrons. The Morgan fingerprint density at radius 1 is 1.06 bits per heavy atom. The average Bonchev–Trinajstić information content (AvgIpc) is 3.12. The number of para-hydroxylation sites is 1. The van der Waals surface area contributed by atoms with Gasteiger partial charge in [-0.3, -0.25) is 18.9 Å². The fourth-order valence-corrected chi connectivity index (χ4v) is 5.01. The number of thioether (sulfide) groups is 1. The molecule has 36 heavy (non-hydrogen) atoms. The minimum absolute atomic E-state index is 0.0252. The number of carbonyl (C=O) groups is 1. The molecule has 0 aliphatic carbocycles. The second kappa shape index (κ2) is 9.67. The molecule has 1 aliphatic heterocycles. The monoisotopic (exact) mass is 517 g/mol. The first-order valence-corrected chi connectivity index (χ1v) is 12.3. The number of hydrogen-bond donors (Lipinski definition) is 0. The van der Waals surface area contributed by atoms with Crippen molar-refractivity contribution in [3.05, 3.63) is 110 Å². The molecule has 4 aromatic rings. The lowest BCUT2D eigenvalue weighted by Gasteiger charge is -2.14. The van der Waals surface area contributed by atoms with Crippen molar-refractivity contribution in [1.29, 1.82) is 0 Å². The Labute approximate surface area is 216 Å². The largest absolute Gasteiger partial charge is 0.435 e. The SMILES string of the molecule is Cc1ccc(CN2C(=O)/C(=C\c3c(Oc4ccccc4F)nc4c(C)cccn4c3=O)SC2=S)cc1. The summed E-state index contributed by atoms with van der Waals surface area (Å²) in [7, 11) is 0. The van der Waals surface area contributed by atoms with Crippen LogP contribution in [0.2, 0.25) is 0 Å². The Kier molecular flexibility index (Phi) is 6.42. The Morgan fingerprint density at radius 2 is 1.81 bits per heavy atom. The number of pyridine rings is 1. The van der Waals surface area contributed by atoms with Gasteiger partial charge >= 0.3 is 0 Å². The predicted octanol–water partition coefficient (Wildman–Crippen LogP) is 5.64. The van der Waals surface area contributed by atoms with Crippen molar-refractivity contribution >= 4 is 45.9 Å². The van der Waals surface area contributed by atoms with Gasteiger partial charge in [-0.2, -0.15) is 4.98 Å². The van der Waals surface area contributed by atoms with Gasteiger partial charge in [0.2, 0.25) is 5.88 Å². The topological polar surface area (TPSA) is 63.9 Å². The smallest absolute Gasteiger partial charge is 0.269 e. The summed E-state index contributed by atoms with van der Waals surface area (Å²) in [6.45, 7) is 4.12. The minimum atomic E-state index is -0.598. The number of ether oxygens (including phenoxy) is 1. The lowest BCUT2D eigenvalue weighted by atomic mass is 10.1. The van der Waals surface area contributed by atoms with Crippen molar-refractivity contribution in [2.45, 2.75) is 20.4 Å². The molecule has 6 nitrogen and oxygen atoms in total. The highest BCUT2D eigenvalue weighted by molar-refractivity contribution is 8.26. The van der Waals surface area contributed by atoms with E-state index in [1.54, 1.807) is 18.3 Å². The van der Waals surface area contributed by atoms with E-state index in [1.165, 1.54) is 33.6 Å². The van der Waals surface area contributed by atoms with Gasteiger partial charge in [-0.05, 0) is 49.2 Å². The quantitative estimate of drug-likeness (QED) is 0.252. The first kappa shape index (κ1) is 23.9. The zero-order valence-corrected chi connectivity index (χ0v) is 21.0. The van der Waals surface area contributed by atoms with E-state index in [1.807, 2.05) is 44.2 Å². The average molecular weight is 518 g/mol. The van der Waals surface area contributed by atoms with Crippen LogP contribution < -0.4 is 10.3 Å². The minimum Gasteiger partial charge on any atom is -0.435 e. The van der Waals surface area contributed by atoms with Gasteiger partial charge in [0, 0.05) is 6.20 Å². The molecule has 0 spiro atoms. The van der Waals surface area contributed by atoms with Gasteiger partial charge in [-0.1, -0.05) is 72.0 Å². The van der Waals surface area contributed by atoms with Gasteiger partial charge < -0.3 is 4.74 Å². The molecule has 3 heterocycles. The molecule has 1 aliphatic rings.